The van der Waals surface area contributed by atoms with Crippen LogP contribution >= 0.6 is 0 Å². The highest BCUT2D eigenvalue weighted by molar-refractivity contribution is 6.02. The molecule has 0 radical (unpaired) electrons. The SMILES string of the molecule is O=C1Cc2cc(NC(=O)Nc3cccc(C(F)(F)F)c3)ccc2N1. The van der Waals surface area contributed by atoms with Gasteiger partial charge < -0.3 is 16.0 Å². The molecule has 3 rings (SSSR count). The van der Waals surface area contributed by atoms with E-state index in [0.29, 0.717) is 11.4 Å². The maximum absolute atomic E-state index is 12.6. The van der Waals surface area contributed by atoms with E-state index in [4.69, 9.17) is 0 Å². The Balaban J connectivity index is 1.68. The third-order valence-electron chi connectivity index (χ3n) is 3.44. The molecule has 0 aromatic heterocycles. The quantitative estimate of drug-likeness (QED) is 0.780. The number of halogens is 3. The highest BCUT2D eigenvalue weighted by Gasteiger charge is 2.30. The molecule has 0 atom stereocenters. The summed E-state index contributed by atoms with van der Waals surface area (Å²) in [5.41, 5.74) is 1.05. The predicted molar refractivity (Wildman–Crippen MR) is 82.9 cm³/mol. The van der Waals surface area contributed by atoms with E-state index in [0.717, 1.165) is 17.7 Å². The van der Waals surface area contributed by atoms with Gasteiger partial charge in [-0.05, 0) is 42.0 Å². The zero-order valence-electron chi connectivity index (χ0n) is 12.2. The van der Waals surface area contributed by atoms with Crippen LogP contribution in [0.15, 0.2) is 42.5 Å². The van der Waals surface area contributed by atoms with Crippen LogP contribution in [0.25, 0.3) is 0 Å². The predicted octanol–water partition coefficient (Wildman–Crippen LogP) is 3.84. The van der Waals surface area contributed by atoms with Crippen LogP contribution < -0.4 is 16.0 Å². The smallest absolute Gasteiger partial charge is 0.326 e. The topological polar surface area (TPSA) is 70.2 Å². The van der Waals surface area contributed by atoms with Crippen molar-refractivity contribution in [2.24, 2.45) is 0 Å². The average molecular weight is 335 g/mol. The number of hydrogen-bond acceptors (Lipinski definition) is 2. The van der Waals surface area contributed by atoms with Crippen molar-refractivity contribution in [1.82, 2.24) is 0 Å². The first-order valence-corrected chi connectivity index (χ1v) is 6.99. The fourth-order valence-electron chi connectivity index (χ4n) is 2.37. The number of carbonyl (C=O) groups is 2. The van der Waals surface area contributed by atoms with E-state index in [1.807, 2.05) is 0 Å². The molecule has 0 saturated carbocycles. The molecular weight excluding hydrogens is 323 g/mol. The summed E-state index contributed by atoms with van der Waals surface area (Å²) in [6.45, 7) is 0. The number of anilines is 3. The second-order valence-electron chi connectivity index (χ2n) is 5.25. The number of nitrogens with one attached hydrogen (secondary N) is 3. The van der Waals surface area contributed by atoms with Gasteiger partial charge in [0, 0.05) is 17.1 Å². The van der Waals surface area contributed by atoms with E-state index in [9.17, 15) is 22.8 Å². The highest BCUT2D eigenvalue weighted by Crippen LogP contribution is 2.31. The molecule has 1 aliphatic heterocycles. The maximum Gasteiger partial charge on any atom is 0.416 e. The normalized spacial score (nSPS) is 13.2. The molecule has 124 valence electrons. The Morgan fingerprint density at radius 2 is 1.75 bits per heavy atom. The van der Waals surface area contributed by atoms with E-state index in [2.05, 4.69) is 16.0 Å². The number of fused-ring (bicyclic) bond motifs is 1. The first kappa shape index (κ1) is 15.9. The number of urea groups is 1. The Kier molecular flexibility index (Phi) is 3.88. The van der Waals surface area contributed by atoms with E-state index >= 15 is 0 Å². The standard InChI is InChI=1S/C16H12F3N3O2/c17-16(18,19)10-2-1-3-11(8-10)20-15(24)21-12-4-5-13-9(6-12)7-14(23)22-13/h1-6,8H,7H2,(H,22,23)(H2,20,21,24). The summed E-state index contributed by atoms with van der Waals surface area (Å²) in [4.78, 5) is 23.2. The fraction of sp³-hybridized carbons (Fsp3) is 0.125. The summed E-state index contributed by atoms with van der Waals surface area (Å²) in [6.07, 6.45) is -4.26. The lowest BCUT2D eigenvalue weighted by Crippen LogP contribution is -2.19. The van der Waals surface area contributed by atoms with E-state index in [1.54, 1.807) is 18.2 Å². The van der Waals surface area contributed by atoms with E-state index in [-0.39, 0.29) is 18.0 Å². The zero-order chi connectivity index (χ0) is 17.3. The highest BCUT2D eigenvalue weighted by atomic mass is 19.4. The third-order valence-corrected chi connectivity index (χ3v) is 3.44. The molecule has 8 heteroatoms. The summed E-state index contributed by atoms with van der Waals surface area (Å²) in [7, 11) is 0. The van der Waals surface area contributed by atoms with Crippen LogP contribution in [0.1, 0.15) is 11.1 Å². The van der Waals surface area contributed by atoms with Crippen molar-refractivity contribution in [1.29, 1.82) is 0 Å². The molecule has 0 fully saturated rings. The van der Waals surface area contributed by atoms with Crippen molar-refractivity contribution in [2.75, 3.05) is 16.0 Å². The monoisotopic (exact) mass is 335 g/mol. The number of benzene rings is 2. The lowest BCUT2D eigenvalue weighted by atomic mass is 10.1. The summed E-state index contributed by atoms with van der Waals surface area (Å²) >= 11 is 0. The third kappa shape index (κ3) is 3.48. The molecule has 0 aliphatic carbocycles. The minimum atomic E-state index is -4.48. The van der Waals surface area contributed by atoms with Gasteiger partial charge in [0.2, 0.25) is 5.91 Å². The molecule has 1 heterocycles. The Bertz CT molecular complexity index is 818. The Hall–Kier alpha value is -3.03. The van der Waals surface area contributed by atoms with Crippen LogP contribution in [-0.4, -0.2) is 11.9 Å². The Morgan fingerprint density at radius 3 is 2.46 bits per heavy atom. The van der Waals surface area contributed by atoms with Crippen LogP contribution in [0, 0.1) is 0 Å². The summed E-state index contributed by atoms with van der Waals surface area (Å²) < 4.78 is 37.9. The van der Waals surface area contributed by atoms with Gasteiger partial charge in [-0.1, -0.05) is 6.07 Å². The van der Waals surface area contributed by atoms with Crippen molar-refractivity contribution in [3.05, 3.63) is 53.6 Å². The van der Waals surface area contributed by atoms with Crippen molar-refractivity contribution in [2.45, 2.75) is 12.6 Å². The van der Waals surface area contributed by atoms with Crippen molar-refractivity contribution >= 4 is 29.0 Å². The van der Waals surface area contributed by atoms with E-state index in [1.165, 1.54) is 12.1 Å². The number of alkyl halides is 3. The Morgan fingerprint density at radius 1 is 1.04 bits per heavy atom. The second kappa shape index (κ2) is 5.88. The Labute approximate surface area is 134 Å². The molecule has 24 heavy (non-hydrogen) atoms. The number of hydrogen-bond donors (Lipinski definition) is 3. The molecule has 0 saturated heterocycles. The minimum Gasteiger partial charge on any atom is -0.326 e. The molecule has 1 aliphatic rings. The van der Waals surface area contributed by atoms with Gasteiger partial charge in [-0.25, -0.2) is 4.79 Å². The van der Waals surface area contributed by atoms with Gasteiger partial charge in [0.15, 0.2) is 0 Å². The lowest BCUT2D eigenvalue weighted by Gasteiger charge is -2.11. The lowest BCUT2D eigenvalue weighted by molar-refractivity contribution is -0.137. The van der Waals surface area contributed by atoms with Crippen molar-refractivity contribution < 1.29 is 22.8 Å². The van der Waals surface area contributed by atoms with Gasteiger partial charge in [0.05, 0.1) is 12.0 Å². The van der Waals surface area contributed by atoms with Gasteiger partial charge >= 0.3 is 12.2 Å². The van der Waals surface area contributed by atoms with Crippen molar-refractivity contribution in [3.8, 4) is 0 Å². The fourth-order valence-corrected chi connectivity index (χ4v) is 2.37. The van der Waals surface area contributed by atoms with Crippen LogP contribution in [0.2, 0.25) is 0 Å². The average Bonchev–Trinajstić information content (AvgIpc) is 2.86. The molecule has 2 aromatic rings. The zero-order valence-corrected chi connectivity index (χ0v) is 12.2. The molecule has 5 nitrogen and oxygen atoms in total. The molecule has 2 aromatic carbocycles. The molecule has 3 amide bonds. The van der Waals surface area contributed by atoms with Gasteiger partial charge in [0.25, 0.3) is 0 Å². The number of amides is 3. The van der Waals surface area contributed by atoms with Crippen LogP contribution in [0.3, 0.4) is 0 Å². The van der Waals surface area contributed by atoms with Crippen LogP contribution in [0.4, 0.5) is 35.0 Å². The minimum absolute atomic E-state index is 0.0281. The molecule has 0 spiro atoms. The van der Waals surface area contributed by atoms with Gasteiger partial charge in [0.1, 0.15) is 0 Å². The molecule has 0 unspecified atom stereocenters. The molecule has 3 N–H and O–H groups in total. The maximum atomic E-state index is 12.6. The first-order valence-electron chi connectivity index (χ1n) is 6.99. The first-order chi connectivity index (χ1) is 11.3. The van der Waals surface area contributed by atoms with Crippen molar-refractivity contribution in [3.63, 3.8) is 0 Å². The van der Waals surface area contributed by atoms with Crippen LogP contribution in [0.5, 0.6) is 0 Å². The van der Waals surface area contributed by atoms with Crippen LogP contribution in [-0.2, 0) is 17.4 Å². The second-order valence-corrected chi connectivity index (χ2v) is 5.25. The van der Waals surface area contributed by atoms with Gasteiger partial charge in [-0.2, -0.15) is 13.2 Å². The summed E-state index contributed by atoms with van der Waals surface area (Å²) in [5, 5.41) is 7.53. The summed E-state index contributed by atoms with van der Waals surface area (Å²) in [6, 6.07) is 8.56. The van der Waals surface area contributed by atoms with Gasteiger partial charge in [-0.3, -0.25) is 4.79 Å². The van der Waals surface area contributed by atoms with Gasteiger partial charge in [-0.15, -0.1) is 0 Å². The largest absolute Gasteiger partial charge is 0.416 e. The molecule has 0 bridgehead atoms. The number of rotatable bonds is 2. The van der Waals surface area contributed by atoms with E-state index < -0.39 is 17.8 Å². The number of carbonyl (C=O) groups excluding carboxylic acids is 2. The molecular formula is C16H12F3N3O2. The summed E-state index contributed by atoms with van der Waals surface area (Å²) in [5.74, 6) is -0.129.